The fraction of sp³-hybridized carbons (Fsp3) is 1.00. The van der Waals surface area contributed by atoms with Crippen molar-refractivity contribution in [3.63, 3.8) is 0 Å². The first-order chi connectivity index (χ1) is 13.8. The molecule has 0 N–H and O–H groups in total. The van der Waals surface area contributed by atoms with E-state index in [1.807, 2.05) is 0 Å². The van der Waals surface area contributed by atoms with Crippen LogP contribution >= 0.6 is 0 Å². The first kappa shape index (κ1) is 19.6. The van der Waals surface area contributed by atoms with Gasteiger partial charge in [0, 0.05) is 52.4 Å². The number of rotatable bonds is 0. The van der Waals surface area contributed by atoms with Gasteiger partial charge in [0.25, 0.3) is 0 Å². The van der Waals surface area contributed by atoms with Crippen molar-refractivity contribution in [1.29, 1.82) is 0 Å². The van der Waals surface area contributed by atoms with Crippen LogP contribution in [0.4, 0.5) is 0 Å². The van der Waals surface area contributed by atoms with Crippen LogP contribution in [-0.2, 0) is 0 Å². The monoisotopic (exact) mass is 392 g/mol. The number of hydrogen-bond acceptors (Lipinski definition) is 8. The first-order valence-corrected chi connectivity index (χ1v) is 11.6. The van der Waals surface area contributed by atoms with E-state index >= 15 is 0 Å². The molecule has 0 saturated carbocycles. The Hall–Kier alpha value is -0.320. The third-order valence-corrected chi connectivity index (χ3v) is 6.99. The van der Waals surface area contributed by atoms with E-state index in [0.717, 1.165) is 53.3 Å². The van der Waals surface area contributed by atoms with Crippen molar-refractivity contribution in [2.24, 2.45) is 0 Å². The van der Waals surface area contributed by atoms with Gasteiger partial charge in [0.05, 0.1) is 53.3 Å². The predicted molar refractivity (Wildman–Crippen MR) is 111 cm³/mol. The summed E-state index contributed by atoms with van der Waals surface area (Å²) in [6.07, 6.45) is 5.26. The zero-order chi connectivity index (χ0) is 18.8. The molecule has 5 aliphatic rings. The molecule has 0 aromatic carbocycles. The normalized spacial score (nSPS) is 48.0. The molecule has 0 unspecified atom stereocenters. The molecule has 5 fully saturated rings. The van der Waals surface area contributed by atoms with Crippen molar-refractivity contribution in [2.45, 2.75) is 25.7 Å². The molecule has 5 rings (SSSR count). The quantitative estimate of drug-likeness (QED) is 0.554. The van der Waals surface area contributed by atoms with Crippen LogP contribution in [0.2, 0.25) is 0 Å². The zero-order valence-corrected chi connectivity index (χ0v) is 17.7. The van der Waals surface area contributed by atoms with Gasteiger partial charge in [-0.25, -0.2) is 0 Å². The highest BCUT2D eigenvalue weighted by Crippen LogP contribution is 2.16. The lowest BCUT2D eigenvalue weighted by Gasteiger charge is -2.47. The van der Waals surface area contributed by atoms with E-state index in [1.54, 1.807) is 0 Å². The Kier molecular flexibility index (Phi) is 6.47. The van der Waals surface area contributed by atoms with Crippen LogP contribution in [0.5, 0.6) is 0 Å². The fourth-order valence-corrected chi connectivity index (χ4v) is 5.82. The summed E-state index contributed by atoms with van der Waals surface area (Å²) in [4.78, 5) is 21.5. The largest absolute Gasteiger partial charge is 0.277 e. The molecule has 5 heterocycles. The molecule has 28 heavy (non-hydrogen) atoms. The van der Waals surface area contributed by atoms with E-state index in [2.05, 4.69) is 39.2 Å². The van der Waals surface area contributed by atoms with Crippen molar-refractivity contribution < 1.29 is 0 Å². The summed E-state index contributed by atoms with van der Waals surface area (Å²) in [6, 6.07) is 0. The number of nitrogens with zero attached hydrogens (tertiary/aromatic N) is 8. The summed E-state index contributed by atoms with van der Waals surface area (Å²) in [5.74, 6) is 0. The van der Waals surface area contributed by atoms with Crippen LogP contribution in [0.25, 0.3) is 0 Å². The van der Waals surface area contributed by atoms with E-state index in [-0.39, 0.29) is 0 Å². The molecular weight excluding hydrogens is 352 g/mol. The highest BCUT2D eigenvalue weighted by atomic mass is 15.5. The average molecular weight is 393 g/mol. The van der Waals surface area contributed by atoms with E-state index in [9.17, 15) is 0 Å². The molecule has 5 saturated heterocycles. The summed E-state index contributed by atoms with van der Waals surface area (Å²) in [7, 11) is 0. The standard InChI is InChI=1S/C20H40N8/c1-5-21-13-22(6-1)18-24-8-3-10-26(15-24)20-28-12-4-11-27(16-28)19-25-9-2-7-23(14-25)17-21/h1-20H2. The van der Waals surface area contributed by atoms with Gasteiger partial charge >= 0.3 is 0 Å². The Morgan fingerprint density at radius 1 is 0.214 bits per heavy atom. The highest BCUT2D eigenvalue weighted by molar-refractivity contribution is 4.77. The van der Waals surface area contributed by atoms with Gasteiger partial charge in [-0.1, -0.05) is 0 Å². The molecule has 0 radical (unpaired) electrons. The smallest absolute Gasteiger partial charge is 0.0530 e. The molecular formula is C20H40N8. The zero-order valence-electron chi connectivity index (χ0n) is 17.7. The van der Waals surface area contributed by atoms with Crippen LogP contribution in [-0.4, -0.2) is 145 Å². The van der Waals surface area contributed by atoms with Crippen LogP contribution in [0.3, 0.4) is 0 Å². The third-order valence-electron chi connectivity index (χ3n) is 6.99. The Morgan fingerprint density at radius 2 is 0.357 bits per heavy atom. The molecule has 5 aliphatic heterocycles. The molecule has 0 spiro atoms. The second-order valence-corrected chi connectivity index (χ2v) is 9.70. The summed E-state index contributed by atoms with van der Waals surface area (Å²) in [6.45, 7) is 19.3. The summed E-state index contributed by atoms with van der Waals surface area (Å²) < 4.78 is 0. The first-order valence-electron chi connectivity index (χ1n) is 11.6. The molecule has 0 amide bonds. The lowest BCUT2D eigenvalue weighted by molar-refractivity contribution is -0.0669. The maximum Gasteiger partial charge on any atom is 0.0530 e. The third kappa shape index (κ3) is 5.05. The minimum Gasteiger partial charge on any atom is -0.277 e. The van der Waals surface area contributed by atoms with E-state index in [0.29, 0.717) is 0 Å². The highest BCUT2D eigenvalue weighted by Gasteiger charge is 2.28. The molecule has 0 aromatic rings. The maximum atomic E-state index is 2.68. The van der Waals surface area contributed by atoms with Crippen molar-refractivity contribution in [3.8, 4) is 0 Å². The molecule has 160 valence electrons. The molecule has 0 aromatic heterocycles. The van der Waals surface area contributed by atoms with Gasteiger partial charge in [-0.15, -0.1) is 0 Å². The number of hydrogen-bond donors (Lipinski definition) is 0. The predicted octanol–water partition coefficient (Wildman–Crippen LogP) is -0.309. The topological polar surface area (TPSA) is 25.9 Å². The van der Waals surface area contributed by atoms with Gasteiger partial charge < -0.3 is 0 Å². The van der Waals surface area contributed by atoms with Crippen molar-refractivity contribution >= 4 is 0 Å². The van der Waals surface area contributed by atoms with Crippen molar-refractivity contribution in [2.75, 3.05) is 106 Å². The van der Waals surface area contributed by atoms with E-state index in [1.165, 1.54) is 78.0 Å². The van der Waals surface area contributed by atoms with Gasteiger partial charge in [0.1, 0.15) is 0 Å². The minimum absolute atomic E-state index is 1.14. The molecule has 8 heteroatoms. The lowest BCUT2D eigenvalue weighted by atomic mass is 10.2. The molecule has 0 atom stereocenters. The second-order valence-electron chi connectivity index (χ2n) is 9.70. The lowest BCUT2D eigenvalue weighted by Crippen LogP contribution is -2.59. The van der Waals surface area contributed by atoms with Crippen LogP contribution < -0.4 is 0 Å². The number of fused-ring (bicyclic) bond motifs is 8. The maximum absolute atomic E-state index is 2.68. The SMILES string of the molecule is C1CN2CN(C1)CN1CCCN(C1)CN1CCCN(C1)CN1CCCN(C1)C2. The van der Waals surface area contributed by atoms with Gasteiger partial charge in [-0.2, -0.15) is 0 Å². The Labute approximate surface area is 171 Å². The van der Waals surface area contributed by atoms with Gasteiger partial charge in [-0.05, 0) is 25.7 Å². The Balaban J connectivity index is 1.29. The fourth-order valence-electron chi connectivity index (χ4n) is 5.82. The average Bonchev–Trinajstić information content (AvgIpc) is 2.69. The Bertz CT molecular complexity index is 385. The summed E-state index contributed by atoms with van der Waals surface area (Å²) >= 11 is 0. The Morgan fingerprint density at radius 3 is 0.500 bits per heavy atom. The van der Waals surface area contributed by atoms with E-state index in [4.69, 9.17) is 0 Å². The molecule has 0 aliphatic carbocycles. The molecule has 8 bridgehead atoms. The van der Waals surface area contributed by atoms with Crippen molar-refractivity contribution in [1.82, 2.24) is 39.2 Å². The second kappa shape index (κ2) is 9.22. The van der Waals surface area contributed by atoms with Crippen LogP contribution in [0.1, 0.15) is 25.7 Å². The van der Waals surface area contributed by atoms with Crippen LogP contribution in [0, 0.1) is 0 Å². The molecule has 8 nitrogen and oxygen atoms in total. The minimum atomic E-state index is 1.14. The van der Waals surface area contributed by atoms with E-state index < -0.39 is 0 Å². The van der Waals surface area contributed by atoms with Gasteiger partial charge in [0.2, 0.25) is 0 Å². The summed E-state index contributed by atoms with van der Waals surface area (Å²) in [5.41, 5.74) is 0. The van der Waals surface area contributed by atoms with Crippen molar-refractivity contribution in [3.05, 3.63) is 0 Å². The summed E-state index contributed by atoms with van der Waals surface area (Å²) in [5, 5.41) is 0. The van der Waals surface area contributed by atoms with Gasteiger partial charge in [0.15, 0.2) is 0 Å². The van der Waals surface area contributed by atoms with Crippen LogP contribution in [0.15, 0.2) is 0 Å². The van der Waals surface area contributed by atoms with Gasteiger partial charge in [-0.3, -0.25) is 39.2 Å².